The molecular formula is C12H16F2. The fraction of sp³-hybridized carbons (Fsp3) is 0.500. The molecule has 0 fully saturated rings. The Kier molecular flexibility index (Phi) is 4.05. The maximum absolute atomic E-state index is 12.2. The first-order valence-corrected chi connectivity index (χ1v) is 5.03. The molecule has 0 saturated heterocycles. The van der Waals surface area contributed by atoms with Crippen LogP contribution in [-0.4, -0.2) is 0 Å². The van der Waals surface area contributed by atoms with Crippen LogP contribution in [0, 0.1) is 0 Å². The molecule has 1 unspecified atom stereocenters. The minimum atomic E-state index is -2.36. The number of alkyl halides is 2. The van der Waals surface area contributed by atoms with Crippen molar-refractivity contribution in [3.63, 3.8) is 0 Å². The maximum atomic E-state index is 12.2. The summed E-state index contributed by atoms with van der Waals surface area (Å²) in [7, 11) is 0. The molecular weight excluding hydrogens is 182 g/mol. The zero-order chi connectivity index (χ0) is 10.6. The Hall–Kier alpha value is -0.920. The van der Waals surface area contributed by atoms with Crippen LogP contribution in [0.4, 0.5) is 8.78 Å². The Balaban J connectivity index is 2.72. The van der Waals surface area contributed by atoms with Gasteiger partial charge in [0.05, 0.1) is 0 Å². The third kappa shape index (κ3) is 2.79. The quantitative estimate of drug-likeness (QED) is 0.666. The van der Waals surface area contributed by atoms with Crippen molar-refractivity contribution in [2.75, 3.05) is 0 Å². The molecule has 0 amide bonds. The van der Waals surface area contributed by atoms with E-state index in [1.54, 1.807) is 0 Å². The van der Waals surface area contributed by atoms with Gasteiger partial charge in [-0.05, 0) is 17.9 Å². The summed E-state index contributed by atoms with van der Waals surface area (Å²) >= 11 is 0. The van der Waals surface area contributed by atoms with Crippen molar-refractivity contribution in [2.24, 2.45) is 0 Å². The van der Waals surface area contributed by atoms with E-state index < -0.39 is 6.43 Å². The molecule has 14 heavy (non-hydrogen) atoms. The maximum Gasteiger partial charge on any atom is 0.263 e. The molecule has 0 radical (unpaired) electrons. The number of rotatable bonds is 4. The fourth-order valence-corrected chi connectivity index (χ4v) is 1.57. The van der Waals surface area contributed by atoms with Gasteiger partial charge >= 0.3 is 0 Å². The van der Waals surface area contributed by atoms with Crippen LogP contribution >= 0.6 is 0 Å². The van der Waals surface area contributed by atoms with Crippen LogP contribution in [0.15, 0.2) is 24.3 Å². The second kappa shape index (κ2) is 5.08. The van der Waals surface area contributed by atoms with E-state index in [4.69, 9.17) is 0 Å². The highest BCUT2D eigenvalue weighted by Gasteiger charge is 2.08. The lowest BCUT2D eigenvalue weighted by Crippen LogP contribution is -1.93. The van der Waals surface area contributed by atoms with Gasteiger partial charge in [-0.1, -0.05) is 44.5 Å². The van der Waals surface area contributed by atoms with E-state index in [9.17, 15) is 8.78 Å². The van der Waals surface area contributed by atoms with Gasteiger partial charge in [0.25, 0.3) is 6.43 Å². The van der Waals surface area contributed by atoms with E-state index in [0.717, 1.165) is 18.4 Å². The summed E-state index contributed by atoms with van der Waals surface area (Å²) in [6, 6.07) is 6.65. The summed E-state index contributed by atoms with van der Waals surface area (Å²) < 4.78 is 24.5. The summed E-state index contributed by atoms with van der Waals surface area (Å²) in [5, 5.41) is 0. The molecule has 1 aromatic carbocycles. The zero-order valence-electron chi connectivity index (χ0n) is 8.63. The molecule has 0 saturated carbocycles. The van der Waals surface area contributed by atoms with E-state index in [0.29, 0.717) is 5.92 Å². The normalized spacial score (nSPS) is 13.2. The lowest BCUT2D eigenvalue weighted by atomic mass is 9.96. The SMILES string of the molecule is CCCC(C)c1ccc(C(F)F)cc1. The van der Waals surface area contributed by atoms with Gasteiger partial charge in [0.15, 0.2) is 0 Å². The van der Waals surface area contributed by atoms with Gasteiger partial charge in [-0.3, -0.25) is 0 Å². The Morgan fingerprint density at radius 2 is 1.57 bits per heavy atom. The van der Waals surface area contributed by atoms with Gasteiger partial charge in [-0.25, -0.2) is 8.78 Å². The average Bonchev–Trinajstić information content (AvgIpc) is 2.18. The number of halogens is 2. The molecule has 0 spiro atoms. The topological polar surface area (TPSA) is 0 Å². The summed E-state index contributed by atoms with van der Waals surface area (Å²) in [6.45, 7) is 4.25. The van der Waals surface area contributed by atoms with Gasteiger partial charge in [-0.15, -0.1) is 0 Å². The largest absolute Gasteiger partial charge is 0.263 e. The van der Waals surface area contributed by atoms with Crippen LogP contribution < -0.4 is 0 Å². The highest BCUT2D eigenvalue weighted by molar-refractivity contribution is 5.25. The summed E-state index contributed by atoms with van der Waals surface area (Å²) in [5.74, 6) is 0.465. The van der Waals surface area contributed by atoms with Gasteiger partial charge in [0, 0.05) is 5.56 Å². The van der Waals surface area contributed by atoms with Gasteiger partial charge < -0.3 is 0 Å². The molecule has 0 heterocycles. The van der Waals surface area contributed by atoms with Crippen molar-refractivity contribution in [2.45, 2.75) is 39.0 Å². The predicted octanol–water partition coefficient (Wildman–Crippen LogP) is 4.53. The molecule has 0 aliphatic carbocycles. The van der Waals surface area contributed by atoms with Crippen molar-refractivity contribution >= 4 is 0 Å². The Morgan fingerprint density at radius 3 is 2.00 bits per heavy atom. The molecule has 1 rings (SSSR count). The molecule has 0 aliphatic heterocycles. The molecule has 78 valence electrons. The molecule has 0 nitrogen and oxygen atoms in total. The van der Waals surface area contributed by atoms with Crippen LogP contribution in [0.3, 0.4) is 0 Å². The highest BCUT2D eigenvalue weighted by Crippen LogP contribution is 2.24. The van der Waals surface area contributed by atoms with Crippen molar-refractivity contribution < 1.29 is 8.78 Å². The number of hydrogen-bond acceptors (Lipinski definition) is 0. The summed E-state index contributed by atoms with van der Waals surface area (Å²) in [4.78, 5) is 0. The van der Waals surface area contributed by atoms with Gasteiger partial charge in [0.2, 0.25) is 0 Å². The second-order valence-corrected chi connectivity index (χ2v) is 3.66. The lowest BCUT2D eigenvalue weighted by Gasteiger charge is -2.10. The van der Waals surface area contributed by atoms with Crippen LogP contribution in [0.25, 0.3) is 0 Å². The first kappa shape index (κ1) is 11.2. The van der Waals surface area contributed by atoms with E-state index in [2.05, 4.69) is 13.8 Å². The Labute approximate surface area is 84.0 Å². The van der Waals surface area contributed by atoms with Gasteiger partial charge in [-0.2, -0.15) is 0 Å². The van der Waals surface area contributed by atoms with E-state index in [1.807, 2.05) is 12.1 Å². The standard InChI is InChI=1S/C12H16F2/c1-3-4-9(2)10-5-7-11(8-6-10)12(13)14/h5-9,12H,3-4H2,1-2H3. The molecule has 1 aromatic rings. The minimum Gasteiger partial charge on any atom is -0.205 e. The number of benzene rings is 1. The summed E-state index contributed by atoms with van der Waals surface area (Å²) in [6.07, 6.45) is -0.128. The molecule has 0 bridgehead atoms. The molecule has 0 aromatic heterocycles. The smallest absolute Gasteiger partial charge is 0.205 e. The Morgan fingerprint density at radius 1 is 1.07 bits per heavy atom. The van der Waals surface area contributed by atoms with Crippen molar-refractivity contribution in [1.29, 1.82) is 0 Å². The minimum absolute atomic E-state index is 0.109. The monoisotopic (exact) mass is 198 g/mol. The fourth-order valence-electron chi connectivity index (χ4n) is 1.57. The van der Waals surface area contributed by atoms with Crippen LogP contribution in [0.5, 0.6) is 0 Å². The molecule has 0 aliphatic rings. The van der Waals surface area contributed by atoms with Crippen molar-refractivity contribution in [3.05, 3.63) is 35.4 Å². The highest BCUT2D eigenvalue weighted by atomic mass is 19.3. The van der Waals surface area contributed by atoms with E-state index in [1.165, 1.54) is 12.1 Å². The van der Waals surface area contributed by atoms with Crippen molar-refractivity contribution in [1.82, 2.24) is 0 Å². The van der Waals surface area contributed by atoms with Crippen molar-refractivity contribution in [3.8, 4) is 0 Å². The van der Waals surface area contributed by atoms with Crippen LogP contribution in [-0.2, 0) is 0 Å². The molecule has 0 N–H and O–H groups in total. The second-order valence-electron chi connectivity index (χ2n) is 3.66. The van der Waals surface area contributed by atoms with E-state index in [-0.39, 0.29) is 5.56 Å². The third-order valence-corrected chi connectivity index (χ3v) is 2.48. The van der Waals surface area contributed by atoms with Crippen LogP contribution in [0.1, 0.15) is 50.2 Å². The number of hydrogen-bond donors (Lipinski definition) is 0. The third-order valence-electron chi connectivity index (χ3n) is 2.48. The van der Waals surface area contributed by atoms with Gasteiger partial charge in [0.1, 0.15) is 0 Å². The lowest BCUT2D eigenvalue weighted by molar-refractivity contribution is 0.151. The average molecular weight is 198 g/mol. The van der Waals surface area contributed by atoms with E-state index >= 15 is 0 Å². The Bertz CT molecular complexity index is 264. The molecule has 2 heteroatoms. The zero-order valence-corrected chi connectivity index (χ0v) is 8.63. The summed E-state index contributed by atoms with van der Waals surface area (Å²) in [5.41, 5.74) is 1.26. The molecule has 1 atom stereocenters. The predicted molar refractivity (Wildman–Crippen MR) is 54.7 cm³/mol. The first-order valence-electron chi connectivity index (χ1n) is 5.03. The first-order chi connectivity index (χ1) is 6.65. The van der Waals surface area contributed by atoms with Crippen LogP contribution in [0.2, 0.25) is 0 Å².